The molecule has 3 aromatic rings. The number of carbonyl (C=O) groups is 1. The van der Waals surface area contributed by atoms with E-state index in [4.69, 9.17) is 10.00 Å². The number of alkyl halides is 1. The minimum absolute atomic E-state index is 0.0195. The molecule has 0 atom stereocenters. The molecule has 146 valence electrons. The molecule has 1 aliphatic rings. The summed E-state index contributed by atoms with van der Waals surface area (Å²) in [7, 11) is 1.56. The molecule has 0 radical (unpaired) electrons. The molecule has 7 heteroatoms. The van der Waals surface area contributed by atoms with E-state index in [1.165, 1.54) is 4.90 Å². The SMILES string of the molecule is COc1cn[nH]c1-c1cc(C(=O)N2CC(F)(c3ccc(C#N)cc3)C2)ccc1C. The average molecular weight is 390 g/mol. The Labute approximate surface area is 167 Å². The number of halogens is 1. The molecule has 1 aromatic heterocycles. The fourth-order valence-corrected chi connectivity index (χ4v) is 3.56. The monoisotopic (exact) mass is 390 g/mol. The zero-order chi connectivity index (χ0) is 20.6. The van der Waals surface area contributed by atoms with Gasteiger partial charge in [-0.05, 0) is 42.3 Å². The Bertz CT molecular complexity index is 1110. The first kappa shape index (κ1) is 18.7. The van der Waals surface area contributed by atoms with E-state index in [0.717, 1.165) is 11.1 Å². The number of nitrogens with zero attached hydrogens (tertiary/aromatic N) is 3. The van der Waals surface area contributed by atoms with Crippen LogP contribution in [0.1, 0.15) is 27.0 Å². The number of methoxy groups -OCH3 is 1. The van der Waals surface area contributed by atoms with Crippen LogP contribution in [0.15, 0.2) is 48.7 Å². The lowest BCUT2D eigenvalue weighted by molar-refractivity contribution is -0.0231. The van der Waals surface area contributed by atoms with Gasteiger partial charge in [-0.15, -0.1) is 0 Å². The van der Waals surface area contributed by atoms with Crippen LogP contribution in [-0.4, -0.2) is 41.2 Å². The van der Waals surface area contributed by atoms with Crippen molar-refractivity contribution >= 4 is 5.91 Å². The highest BCUT2D eigenvalue weighted by Crippen LogP contribution is 2.37. The molecule has 1 aliphatic heterocycles. The van der Waals surface area contributed by atoms with E-state index in [1.54, 1.807) is 49.7 Å². The minimum atomic E-state index is -1.59. The second-order valence-electron chi connectivity index (χ2n) is 7.16. The van der Waals surface area contributed by atoms with Gasteiger partial charge in [0.15, 0.2) is 11.4 Å². The van der Waals surface area contributed by atoms with Gasteiger partial charge in [0.05, 0.1) is 38.0 Å². The van der Waals surface area contributed by atoms with Crippen molar-refractivity contribution in [3.8, 4) is 23.1 Å². The zero-order valence-corrected chi connectivity index (χ0v) is 16.1. The Hall–Kier alpha value is -3.66. The number of nitriles is 1. The molecule has 0 unspecified atom stereocenters. The number of benzene rings is 2. The summed E-state index contributed by atoms with van der Waals surface area (Å²) >= 11 is 0. The molecule has 0 aliphatic carbocycles. The third kappa shape index (κ3) is 3.23. The molecule has 2 heterocycles. The van der Waals surface area contributed by atoms with Gasteiger partial charge in [0, 0.05) is 11.1 Å². The quantitative estimate of drug-likeness (QED) is 0.738. The normalized spacial score (nSPS) is 14.8. The number of carbonyl (C=O) groups excluding carboxylic acids is 1. The van der Waals surface area contributed by atoms with Crippen LogP contribution in [0.5, 0.6) is 5.75 Å². The number of aromatic nitrogens is 2. The molecule has 29 heavy (non-hydrogen) atoms. The summed E-state index contributed by atoms with van der Waals surface area (Å²) < 4.78 is 20.5. The Balaban J connectivity index is 1.54. The van der Waals surface area contributed by atoms with E-state index >= 15 is 4.39 Å². The molecule has 2 aromatic carbocycles. The second kappa shape index (κ2) is 7.06. The third-order valence-electron chi connectivity index (χ3n) is 5.28. The largest absolute Gasteiger partial charge is 0.493 e. The van der Waals surface area contributed by atoms with E-state index < -0.39 is 5.67 Å². The number of aromatic amines is 1. The maximum absolute atomic E-state index is 15.2. The fraction of sp³-hybridized carbons (Fsp3) is 0.227. The number of nitrogens with one attached hydrogen (secondary N) is 1. The number of likely N-dealkylation sites (tertiary alicyclic amines) is 1. The van der Waals surface area contributed by atoms with E-state index in [9.17, 15) is 4.79 Å². The zero-order valence-electron chi connectivity index (χ0n) is 16.1. The molecule has 1 N–H and O–H groups in total. The molecule has 1 amide bonds. The summed E-state index contributed by atoms with van der Waals surface area (Å²) in [5, 5.41) is 15.8. The molecular formula is C22H19FN4O2. The van der Waals surface area contributed by atoms with Crippen molar-refractivity contribution in [3.05, 3.63) is 70.9 Å². The number of hydrogen-bond donors (Lipinski definition) is 1. The van der Waals surface area contributed by atoms with Gasteiger partial charge in [0.25, 0.3) is 5.91 Å². The Morgan fingerprint density at radius 2 is 2.00 bits per heavy atom. The second-order valence-corrected chi connectivity index (χ2v) is 7.16. The first-order valence-corrected chi connectivity index (χ1v) is 9.12. The first-order valence-electron chi connectivity index (χ1n) is 9.12. The van der Waals surface area contributed by atoms with E-state index in [1.807, 2.05) is 19.1 Å². The van der Waals surface area contributed by atoms with Crippen molar-refractivity contribution in [2.75, 3.05) is 20.2 Å². The number of hydrogen-bond acceptors (Lipinski definition) is 4. The summed E-state index contributed by atoms with van der Waals surface area (Å²) in [5.74, 6) is 0.358. The van der Waals surface area contributed by atoms with Crippen LogP contribution < -0.4 is 4.74 Å². The number of rotatable bonds is 4. The van der Waals surface area contributed by atoms with Gasteiger partial charge < -0.3 is 9.64 Å². The summed E-state index contributed by atoms with van der Waals surface area (Å²) in [6.07, 6.45) is 1.58. The van der Waals surface area contributed by atoms with Crippen LogP contribution in [0.3, 0.4) is 0 Å². The van der Waals surface area contributed by atoms with Crippen molar-refractivity contribution in [2.45, 2.75) is 12.6 Å². The summed E-state index contributed by atoms with van der Waals surface area (Å²) in [6.45, 7) is 1.90. The smallest absolute Gasteiger partial charge is 0.254 e. The molecular weight excluding hydrogens is 371 g/mol. The standard InChI is InChI=1S/C22H19FN4O2/c1-14-3-6-16(9-18(14)20-19(29-2)11-25-26-20)21(28)27-12-22(23,13-27)17-7-4-15(10-24)5-8-17/h3-9,11H,12-13H2,1-2H3,(H,25,26). The van der Waals surface area contributed by atoms with E-state index in [-0.39, 0.29) is 19.0 Å². The number of ether oxygens (including phenoxy) is 1. The molecule has 0 saturated carbocycles. The predicted molar refractivity (Wildman–Crippen MR) is 105 cm³/mol. The summed E-state index contributed by atoms with van der Waals surface area (Å²) in [4.78, 5) is 14.4. The van der Waals surface area contributed by atoms with Gasteiger partial charge >= 0.3 is 0 Å². The van der Waals surface area contributed by atoms with Crippen LogP contribution in [0.25, 0.3) is 11.3 Å². The fourth-order valence-electron chi connectivity index (χ4n) is 3.56. The molecule has 1 saturated heterocycles. The highest BCUT2D eigenvalue weighted by atomic mass is 19.1. The Morgan fingerprint density at radius 1 is 1.28 bits per heavy atom. The Morgan fingerprint density at radius 3 is 2.66 bits per heavy atom. The van der Waals surface area contributed by atoms with Gasteiger partial charge in [-0.25, -0.2) is 4.39 Å². The van der Waals surface area contributed by atoms with Gasteiger partial charge in [-0.3, -0.25) is 9.89 Å². The molecule has 0 bridgehead atoms. The molecule has 4 rings (SSSR count). The maximum Gasteiger partial charge on any atom is 0.254 e. The number of aryl methyl sites for hydroxylation is 1. The summed E-state index contributed by atoms with van der Waals surface area (Å²) in [5.41, 5.74) is 2.31. The van der Waals surface area contributed by atoms with Crippen LogP contribution in [-0.2, 0) is 5.67 Å². The summed E-state index contributed by atoms with van der Waals surface area (Å²) in [6, 6.07) is 13.8. The maximum atomic E-state index is 15.2. The van der Waals surface area contributed by atoms with Gasteiger partial charge in [-0.1, -0.05) is 18.2 Å². The lowest BCUT2D eigenvalue weighted by Gasteiger charge is -2.44. The average Bonchev–Trinajstić information content (AvgIpc) is 3.20. The molecule has 0 spiro atoms. The van der Waals surface area contributed by atoms with Crippen LogP contribution in [0.2, 0.25) is 0 Å². The predicted octanol–water partition coefficient (Wildman–Crippen LogP) is 3.59. The number of amides is 1. The Kier molecular flexibility index (Phi) is 4.55. The topological polar surface area (TPSA) is 82.0 Å². The van der Waals surface area contributed by atoms with Gasteiger partial charge in [0.2, 0.25) is 0 Å². The van der Waals surface area contributed by atoms with E-state index in [0.29, 0.717) is 28.1 Å². The van der Waals surface area contributed by atoms with Gasteiger partial charge in [0.1, 0.15) is 5.69 Å². The highest BCUT2D eigenvalue weighted by Gasteiger charge is 2.47. The van der Waals surface area contributed by atoms with Crippen LogP contribution in [0.4, 0.5) is 4.39 Å². The lowest BCUT2D eigenvalue weighted by Crippen LogP contribution is -2.58. The van der Waals surface area contributed by atoms with Crippen molar-refractivity contribution in [2.24, 2.45) is 0 Å². The van der Waals surface area contributed by atoms with Crippen molar-refractivity contribution in [3.63, 3.8) is 0 Å². The van der Waals surface area contributed by atoms with Gasteiger partial charge in [-0.2, -0.15) is 10.4 Å². The third-order valence-corrected chi connectivity index (χ3v) is 5.28. The first-order chi connectivity index (χ1) is 13.9. The van der Waals surface area contributed by atoms with Crippen LogP contribution >= 0.6 is 0 Å². The van der Waals surface area contributed by atoms with Crippen molar-refractivity contribution in [1.82, 2.24) is 15.1 Å². The molecule has 6 nitrogen and oxygen atoms in total. The van der Waals surface area contributed by atoms with Crippen molar-refractivity contribution in [1.29, 1.82) is 5.26 Å². The molecule has 1 fully saturated rings. The highest BCUT2D eigenvalue weighted by molar-refractivity contribution is 5.96. The van der Waals surface area contributed by atoms with Crippen molar-refractivity contribution < 1.29 is 13.9 Å². The lowest BCUT2D eigenvalue weighted by atomic mass is 9.87. The minimum Gasteiger partial charge on any atom is -0.493 e. The van der Waals surface area contributed by atoms with E-state index in [2.05, 4.69) is 10.2 Å². The van der Waals surface area contributed by atoms with Crippen LogP contribution in [0, 0.1) is 18.3 Å². The number of H-pyrrole nitrogens is 1.